The van der Waals surface area contributed by atoms with Crippen molar-refractivity contribution in [3.8, 4) is 11.8 Å². The van der Waals surface area contributed by atoms with Gasteiger partial charge in [-0.1, -0.05) is 35.9 Å². The molecule has 1 amide bonds. The van der Waals surface area contributed by atoms with E-state index in [-0.39, 0.29) is 19.6 Å². The number of benzene rings is 3. The van der Waals surface area contributed by atoms with Crippen LogP contribution in [-0.4, -0.2) is 23.5 Å². The number of hydrogen-bond donors (Lipinski definition) is 3. The topological polar surface area (TPSA) is 111 Å². The first-order chi connectivity index (χ1) is 15.9. The summed E-state index contributed by atoms with van der Waals surface area (Å²) in [5.41, 5.74) is 3.36. The minimum Gasteiger partial charge on any atom is -0.489 e. The van der Waals surface area contributed by atoms with Gasteiger partial charge < -0.3 is 20.5 Å². The third-order valence-electron chi connectivity index (χ3n) is 4.74. The van der Waals surface area contributed by atoms with Crippen molar-refractivity contribution < 1.29 is 19.4 Å². The fourth-order valence-electron chi connectivity index (χ4n) is 2.98. The summed E-state index contributed by atoms with van der Waals surface area (Å²) in [6, 6.07) is 21.6. The number of ether oxygens (including phenoxy) is 1. The van der Waals surface area contributed by atoms with E-state index < -0.39 is 11.9 Å². The Morgan fingerprint density at radius 2 is 1.70 bits per heavy atom. The van der Waals surface area contributed by atoms with E-state index in [0.717, 1.165) is 11.1 Å². The molecule has 33 heavy (non-hydrogen) atoms. The summed E-state index contributed by atoms with van der Waals surface area (Å²) in [6.45, 7) is 0.752. The first-order valence-corrected chi connectivity index (χ1v) is 10.6. The second-order valence-electron chi connectivity index (χ2n) is 7.18. The lowest BCUT2D eigenvalue weighted by Crippen LogP contribution is -2.27. The lowest BCUT2D eigenvalue weighted by atomic mass is 10.1. The number of carbonyl (C=O) groups is 2. The van der Waals surface area contributed by atoms with Crippen LogP contribution in [0.2, 0.25) is 5.02 Å². The monoisotopic (exact) mass is 463 g/mol. The molecule has 0 unspecified atom stereocenters. The highest BCUT2D eigenvalue weighted by Crippen LogP contribution is 2.24. The second-order valence-corrected chi connectivity index (χ2v) is 7.62. The first kappa shape index (κ1) is 23.6. The highest BCUT2D eigenvalue weighted by Gasteiger charge is 2.14. The molecule has 0 aliphatic heterocycles. The van der Waals surface area contributed by atoms with Crippen LogP contribution in [0.15, 0.2) is 66.7 Å². The molecule has 3 aromatic rings. The second kappa shape index (κ2) is 11.6. The van der Waals surface area contributed by atoms with Crippen LogP contribution in [-0.2, 0) is 17.9 Å². The summed E-state index contributed by atoms with van der Waals surface area (Å²) >= 11 is 5.93. The largest absolute Gasteiger partial charge is 0.489 e. The van der Waals surface area contributed by atoms with Crippen molar-refractivity contribution in [3.05, 3.63) is 94.0 Å². The van der Waals surface area contributed by atoms with Crippen molar-refractivity contribution in [2.24, 2.45) is 0 Å². The lowest BCUT2D eigenvalue weighted by molar-refractivity contribution is -0.136. The number of nitrogens with one attached hydrogen (secondary N) is 2. The maximum absolute atomic E-state index is 12.8. The summed E-state index contributed by atoms with van der Waals surface area (Å²) in [7, 11) is 0. The molecule has 8 heteroatoms. The van der Waals surface area contributed by atoms with Gasteiger partial charge in [0.1, 0.15) is 12.4 Å². The number of rotatable bonds is 10. The summed E-state index contributed by atoms with van der Waals surface area (Å²) in [5, 5.41) is 24.2. The van der Waals surface area contributed by atoms with E-state index in [1.54, 1.807) is 54.6 Å². The number of amides is 1. The summed E-state index contributed by atoms with van der Waals surface area (Å²) in [4.78, 5) is 23.5. The highest BCUT2D eigenvalue weighted by molar-refractivity contribution is 6.30. The number of carboxylic acid groups (broad SMARTS) is 1. The molecule has 0 aliphatic carbocycles. The Kier molecular flexibility index (Phi) is 8.28. The number of carboxylic acids is 1. The van der Waals surface area contributed by atoms with Gasteiger partial charge >= 0.3 is 5.97 Å². The smallest absolute Gasteiger partial charge is 0.305 e. The predicted octanol–water partition coefficient (Wildman–Crippen LogP) is 4.61. The zero-order valence-corrected chi connectivity index (χ0v) is 18.4. The third kappa shape index (κ3) is 7.27. The van der Waals surface area contributed by atoms with Crippen LogP contribution >= 0.6 is 11.6 Å². The fraction of sp³-hybridized carbons (Fsp3) is 0.160. The third-order valence-corrected chi connectivity index (χ3v) is 5.00. The van der Waals surface area contributed by atoms with Gasteiger partial charge in [-0.25, -0.2) is 0 Å². The summed E-state index contributed by atoms with van der Waals surface area (Å²) in [5.74, 6) is -0.908. The van der Waals surface area contributed by atoms with Crippen LogP contribution in [0, 0.1) is 11.3 Å². The number of hydrogen-bond acceptors (Lipinski definition) is 5. The normalized spacial score (nSPS) is 10.2. The Morgan fingerprint density at radius 3 is 2.36 bits per heavy atom. The van der Waals surface area contributed by atoms with Crippen molar-refractivity contribution in [1.29, 1.82) is 5.26 Å². The maximum atomic E-state index is 12.8. The van der Waals surface area contributed by atoms with E-state index >= 15 is 0 Å². The van der Waals surface area contributed by atoms with Crippen molar-refractivity contribution in [2.75, 3.05) is 11.9 Å². The van der Waals surface area contributed by atoms with Crippen molar-refractivity contribution in [1.82, 2.24) is 5.32 Å². The van der Waals surface area contributed by atoms with E-state index in [9.17, 15) is 9.59 Å². The number of aliphatic carboxylic acids is 1. The molecular weight excluding hydrogens is 442 g/mol. The molecule has 0 spiro atoms. The van der Waals surface area contributed by atoms with Gasteiger partial charge in [0.25, 0.3) is 5.91 Å². The van der Waals surface area contributed by atoms with Crippen molar-refractivity contribution >= 4 is 29.2 Å². The maximum Gasteiger partial charge on any atom is 0.305 e. The van der Waals surface area contributed by atoms with Gasteiger partial charge in [0.05, 0.1) is 23.6 Å². The molecule has 3 rings (SSSR count). The number of nitrogens with zero attached hydrogens (tertiary/aromatic N) is 1. The highest BCUT2D eigenvalue weighted by atomic mass is 35.5. The summed E-state index contributed by atoms with van der Waals surface area (Å²) in [6.07, 6.45) is -0.172. The number of carbonyl (C=O) groups excluding carboxylic acids is 1. The SMILES string of the molecule is N#Cc1ccc(COc2ccc(NCc3ccc(Cl)cc3)c(C(=O)NCCC(=O)O)c2)cc1. The fourth-order valence-corrected chi connectivity index (χ4v) is 3.10. The molecule has 0 aromatic heterocycles. The molecule has 168 valence electrons. The Hall–Kier alpha value is -4.02. The minimum absolute atomic E-state index is 0.0150. The van der Waals surface area contributed by atoms with Crippen LogP contribution in [0.4, 0.5) is 5.69 Å². The van der Waals surface area contributed by atoms with Crippen LogP contribution < -0.4 is 15.4 Å². The van der Waals surface area contributed by atoms with E-state index in [1.165, 1.54) is 0 Å². The predicted molar refractivity (Wildman–Crippen MR) is 125 cm³/mol. The number of nitriles is 1. The molecule has 0 aliphatic rings. The molecule has 0 saturated carbocycles. The van der Waals surface area contributed by atoms with Gasteiger partial charge in [0, 0.05) is 23.8 Å². The van der Waals surface area contributed by atoms with Gasteiger partial charge in [-0.15, -0.1) is 0 Å². The molecule has 0 bridgehead atoms. The van der Waals surface area contributed by atoms with Crippen LogP contribution in [0.3, 0.4) is 0 Å². The number of halogens is 1. The first-order valence-electron chi connectivity index (χ1n) is 10.2. The van der Waals surface area contributed by atoms with Crippen LogP contribution in [0.1, 0.15) is 33.5 Å². The van der Waals surface area contributed by atoms with Crippen LogP contribution in [0.25, 0.3) is 0 Å². The van der Waals surface area contributed by atoms with Crippen LogP contribution in [0.5, 0.6) is 5.75 Å². The zero-order chi connectivity index (χ0) is 23.6. The van der Waals surface area contributed by atoms with Gasteiger partial charge in [-0.2, -0.15) is 5.26 Å². The Bertz CT molecular complexity index is 1160. The molecule has 3 N–H and O–H groups in total. The molecular formula is C25H22ClN3O4. The Labute approximate surface area is 196 Å². The van der Waals surface area contributed by atoms with Gasteiger partial charge in [-0.3, -0.25) is 9.59 Å². The average Bonchev–Trinajstić information content (AvgIpc) is 2.82. The number of anilines is 1. The Morgan fingerprint density at radius 1 is 1.00 bits per heavy atom. The molecule has 3 aromatic carbocycles. The molecule has 0 fully saturated rings. The minimum atomic E-state index is -0.990. The van der Waals surface area contributed by atoms with Gasteiger partial charge in [0.15, 0.2) is 0 Å². The van der Waals surface area contributed by atoms with E-state index in [0.29, 0.717) is 34.1 Å². The zero-order valence-electron chi connectivity index (χ0n) is 17.7. The summed E-state index contributed by atoms with van der Waals surface area (Å²) < 4.78 is 5.83. The van der Waals surface area contributed by atoms with Gasteiger partial charge in [-0.05, 0) is 53.6 Å². The standard InChI is InChI=1S/C25H22ClN3O4/c26-20-7-5-18(6-8-20)15-29-23-10-9-21(13-22(23)25(32)28-12-11-24(30)31)33-16-19-3-1-17(14-27)2-4-19/h1-10,13,29H,11-12,15-16H2,(H,28,32)(H,30,31). The average molecular weight is 464 g/mol. The van der Waals surface area contributed by atoms with Crippen molar-refractivity contribution in [2.45, 2.75) is 19.6 Å². The Balaban J connectivity index is 1.74. The van der Waals surface area contributed by atoms with Gasteiger partial charge in [0.2, 0.25) is 0 Å². The van der Waals surface area contributed by atoms with Crippen molar-refractivity contribution in [3.63, 3.8) is 0 Å². The molecule has 0 radical (unpaired) electrons. The molecule has 0 heterocycles. The molecule has 7 nitrogen and oxygen atoms in total. The quantitative estimate of drug-likeness (QED) is 0.405. The van der Waals surface area contributed by atoms with E-state index in [2.05, 4.69) is 16.7 Å². The lowest BCUT2D eigenvalue weighted by Gasteiger charge is -2.15. The van der Waals surface area contributed by atoms with E-state index in [1.807, 2.05) is 12.1 Å². The molecule has 0 atom stereocenters. The van der Waals surface area contributed by atoms with E-state index in [4.69, 9.17) is 26.7 Å². The molecule has 0 saturated heterocycles.